The minimum absolute atomic E-state index is 0.152. The van der Waals surface area contributed by atoms with Gasteiger partial charge in [0.2, 0.25) is 5.91 Å². The molecule has 0 aliphatic rings. The number of aromatic amines is 1. The summed E-state index contributed by atoms with van der Waals surface area (Å²) in [6, 6.07) is 15.2. The molecule has 6 nitrogen and oxygen atoms in total. The van der Waals surface area contributed by atoms with Crippen molar-refractivity contribution in [1.29, 1.82) is 0 Å². The largest absolute Gasteiger partial charge is 0.361 e. The molecule has 29 heavy (non-hydrogen) atoms. The lowest BCUT2D eigenvalue weighted by Crippen LogP contribution is -2.30. The zero-order valence-electron chi connectivity index (χ0n) is 16.8. The van der Waals surface area contributed by atoms with E-state index in [1.54, 1.807) is 18.2 Å². The average Bonchev–Trinajstić information content (AvgIpc) is 3.21. The molecule has 2 amide bonds. The molecule has 6 heteroatoms. The van der Waals surface area contributed by atoms with E-state index in [0.29, 0.717) is 17.8 Å². The van der Waals surface area contributed by atoms with Crippen LogP contribution in [0.2, 0.25) is 0 Å². The van der Waals surface area contributed by atoms with Crippen LogP contribution >= 0.6 is 0 Å². The van der Waals surface area contributed by atoms with Gasteiger partial charge in [-0.1, -0.05) is 37.6 Å². The Balaban J connectivity index is 1.55. The molecule has 0 saturated carbocycles. The zero-order chi connectivity index (χ0) is 20.5. The molecule has 2 aromatic carbocycles. The van der Waals surface area contributed by atoms with E-state index < -0.39 is 0 Å². The Bertz CT molecular complexity index is 964. The second-order valence-corrected chi connectivity index (χ2v) is 6.99. The van der Waals surface area contributed by atoms with Gasteiger partial charge in [-0.15, -0.1) is 0 Å². The second kappa shape index (κ2) is 10.4. The third kappa shape index (κ3) is 5.68. The van der Waals surface area contributed by atoms with Gasteiger partial charge in [-0.05, 0) is 49.2 Å². The van der Waals surface area contributed by atoms with Crippen molar-refractivity contribution >= 4 is 28.4 Å². The van der Waals surface area contributed by atoms with Crippen LogP contribution in [0.25, 0.3) is 10.9 Å². The minimum Gasteiger partial charge on any atom is -0.361 e. The average molecular weight is 393 g/mol. The Kier molecular flexibility index (Phi) is 7.41. The van der Waals surface area contributed by atoms with Gasteiger partial charge < -0.3 is 20.9 Å². The maximum Gasteiger partial charge on any atom is 0.253 e. The van der Waals surface area contributed by atoms with Gasteiger partial charge in [-0.3, -0.25) is 9.59 Å². The van der Waals surface area contributed by atoms with Gasteiger partial charge in [0.1, 0.15) is 0 Å². The topological polar surface area (TPSA) is 86.0 Å². The number of para-hydroxylation sites is 1. The molecule has 152 valence electrons. The highest BCUT2D eigenvalue weighted by Gasteiger charge is 2.13. The zero-order valence-corrected chi connectivity index (χ0v) is 16.8. The molecular weight excluding hydrogens is 364 g/mol. The smallest absolute Gasteiger partial charge is 0.253 e. The number of benzene rings is 2. The maximum absolute atomic E-state index is 12.7. The number of aromatic nitrogens is 1. The number of carbonyl (C=O) groups excluding carboxylic acids is 2. The lowest BCUT2D eigenvalue weighted by atomic mass is 10.1. The number of nitrogens with one attached hydrogen (secondary N) is 4. The fourth-order valence-corrected chi connectivity index (χ4v) is 3.26. The molecule has 3 rings (SSSR count). The summed E-state index contributed by atoms with van der Waals surface area (Å²) in [5, 5.41) is 10.1. The Hall–Kier alpha value is -3.12. The van der Waals surface area contributed by atoms with E-state index in [0.717, 1.165) is 31.3 Å². The van der Waals surface area contributed by atoms with Crippen molar-refractivity contribution in [2.75, 3.05) is 25.0 Å². The van der Waals surface area contributed by atoms with Crippen molar-refractivity contribution in [3.63, 3.8) is 0 Å². The minimum atomic E-state index is -0.193. The first-order chi connectivity index (χ1) is 14.2. The highest BCUT2D eigenvalue weighted by molar-refractivity contribution is 6.04. The van der Waals surface area contributed by atoms with E-state index in [1.807, 2.05) is 30.5 Å². The van der Waals surface area contributed by atoms with Gasteiger partial charge in [0.25, 0.3) is 5.91 Å². The summed E-state index contributed by atoms with van der Waals surface area (Å²) < 4.78 is 0. The van der Waals surface area contributed by atoms with E-state index in [1.165, 1.54) is 10.9 Å². The number of rotatable bonds is 10. The first-order valence-electron chi connectivity index (χ1n) is 10.1. The number of amides is 2. The molecule has 1 aromatic heterocycles. The van der Waals surface area contributed by atoms with Crippen molar-refractivity contribution in [3.8, 4) is 0 Å². The first kappa shape index (κ1) is 20.6. The number of hydrogen-bond acceptors (Lipinski definition) is 3. The summed E-state index contributed by atoms with van der Waals surface area (Å²) in [6.07, 6.45) is 4.76. The lowest BCUT2D eigenvalue weighted by molar-refractivity contribution is -0.115. The van der Waals surface area contributed by atoms with Crippen molar-refractivity contribution in [2.24, 2.45) is 0 Å². The van der Waals surface area contributed by atoms with E-state index >= 15 is 0 Å². The molecule has 0 radical (unpaired) electrons. The molecule has 0 atom stereocenters. The van der Waals surface area contributed by atoms with E-state index in [-0.39, 0.29) is 18.4 Å². The Morgan fingerprint density at radius 1 is 1.00 bits per heavy atom. The van der Waals surface area contributed by atoms with Crippen molar-refractivity contribution in [3.05, 3.63) is 65.9 Å². The van der Waals surface area contributed by atoms with Gasteiger partial charge in [-0.2, -0.15) is 0 Å². The highest BCUT2D eigenvalue weighted by Crippen LogP contribution is 2.18. The van der Waals surface area contributed by atoms with Crippen LogP contribution in [-0.2, 0) is 11.2 Å². The summed E-state index contributed by atoms with van der Waals surface area (Å²) in [5.74, 6) is -0.346. The SMILES string of the molecule is CCCCNCC(=O)Nc1ccccc1C(=O)NCCc1cccc2[nH]ccc12. The fourth-order valence-electron chi connectivity index (χ4n) is 3.26. The molecule has 1 heterocycles. The van der Waals surface area contributed by atoms with Gasteiger partial charge in [-0.25, -0.2) is 0 Å². The number of fused-ring (bicyclic) bond motifs is 1. The standard InChI is InChI=1S/C23H28N4O2/c1-2-3-13-24-16-22(28)27-21-9-5-4-8-19(21)23(29)26-14-11-17-7-6-10-20-18(17)12-15-25-20/h4-10,12,15,24-25H,2-3,11,13-14,16H2,1H3,(H,26,29)(H,27,28). The van der Waals surface area contributed by atoms with E-state index in [4.69, 9.17) is 0 Å². The molecule has 0 fully saturated rings. The van der Waals surface area contributed by atoms with Gasteiger partial charge in [0, 0.05) is 23.6 Å². The van der Waals surface area contributed by atoms with Crippen molar-refractivity contribution in [1.82, 2.24) is 15.6 Å². The predicted octanol–water partition coefficient (Wildman–Crippen LogP) is 3.47. The van der Waals surface area contributed by atoms with Crippen LogP contribution in [0.5, 0.6) is 0 Å². The number of unbranched alkanes of at least 4 members (excludes halogenated alkanes) is 1. The van der Waals surface area contributed by atoms with E-state index in [2.05, 4.69) is 33.9 Å². The molecule has 0 unspecified atom stereocenters. The second-order valence-electron chi connectivity index (χ2n) is 6.99. The lowest BCUT2D eigenvalue weighted by Gasteiger charge is -2.12. The van der Waals surface area contributed by atoms with Gasteiger partial charge in [0.15, 0.2) is 0 Å². The summed E-state index contributed by atoms with van der Waals surface area (Å²) in [4.78, 5) is 28.0. The van der Waals surface area contributed by atoms with Crippen LogP contribution in [0.1, 0.15) is 35.7 Å². The Labute approximate surface area is 171 Å². The van der Waals surface area contributed by atoms with Crippen LogP contribution in [0.4, 0.5) is 5.69 Å². The summed E-state index contributed by atoms with van der Waals surface area (Å²) in [5.41, 5.74) is 3.27. The third-order valence-corrected chi connectivity index (χ3v) is 4.80. The Morgan fingerprint density at radius 2 is 1.86 bits per heavy atom. The maximum atomic E-state index is 12.7. The molecule has 0 bridgehead atoms. The summed E-state index contributed by atoms with van der Waals surface area (Å²) in [7, 11) is 0. The van der Waals surface area contributed by atoms with Gasteiger partial charge >= 0.3 is 0 Å². The molecular formula is C23H28N4O2. The predicted molar refractivity (Wildman–Crippen MR) is 117 cm³/mol. The third-order valence-electron chi connectivity index (χ3n) is 4.80. The highest BCUT2D eigenvalue weighted by atomic mass is 16.2. The van der Waals surface area contributed by atoms with Crippen molar-refractivity contribution < 1.29 is 9.59 Å². The van der Waals surface area contributed by atoms with Crippen molar-refractivity contribution in [2.45, 2.75) is 26.2 Å². The van der Waals surface area contributed by atoms with Crippen LogP contribution in [0.15, 0.2) is 54.7 Å². The number of carbonyl (C=O) groups is 2. The first-order valence-corrected chi connectivity index (χ1v) is 10.1. The molecule has 4 N–H and O–H groups in total. The monoisotopic (exact) mass is 392 g/mol. The fraction of sp³-hybridized carbons (Fsp3) is 0.304. The summed E-state index contributed by atoms with van der Waals surface area (Å²) >= 11 is 0. The van der Waals surface area contributed by atoms with Gasteiger partial charge in [0.05, 0.1) is 17.8 Å². The van der Waals surface area contributed by atoms with Crippen LogP contribution in [0, 0.1) is 0 Å². The normalized spacial score (nSPS) is 10.8. The molecule has 3 aromatic rings. The molecule has 0 spiro atoms. The number of anilines is 1. The Morgan fingerprint density at radius 3 is 2.72 bits per heavy atom. The molecule has 0 saturated heterocycles. The van der Waals surface area contributed by atoms with Crippen LogP contribution < -0.4 is 16.0 Å². The summed E-state index contributed by atoms with van der Waals surface area (Å²) in [6.45, 7) is 3.66. The number of H-pyrrole nitrogens is 1. The molecule has 0 aliphatic heterocycles. The molecule has 0 aliphatic carbocycles. The quantitative estimate of drug-likeness (QED) is 0.399. The van der Waals surface area contributed by atoms with E-state index in [9.17, 15) is 9.59 Å². The van der Waals surface area contributed by atoms with Crippen LogP contribution in [-0.4, -0.2) is 36.4 Å². The van der Waals surface area contributed by atoms with Crippen LogP contribution in [0.3, 0.4) is 0 Å². The number of hydrogen-bond donors (Lipinski definition) is 4.